The number of rotatable bonds is 6. The molecule has 0 fully saturated rings. The third kappa shape index (κ3) is 3.55. The molecule has 2 aromatic rings. The van der Waals surface area contributed by atoms with Crippen LogP contribution >= 0.6 is 22.9 Å². The molecule has 0 spiro atoms. The molecule has 2 aromatic heterocycles. The number of thiophene rings is 1. The van der Waals surface area contributed by atoms with E-state index in [-0.39, 0.29) is 6.54 Å². The van der Waals surface area contributed by atoms with Crippen LogP contribution in [-0.2, 0) is 11.3 Å². The van der Waals surface area contributed by atoms with Crippen LogP contribution in [0.2, 0.25) is 4.34 Å². The van der Waals surface area contributed by atoms with Crippen LogP contribution in [-0.4, -0.2) is 31.3 Å². The van der Waals surface area contributed by atoms with Crippen LogP contribution in [0.1, 0.15) is 20.3 Å². The molecule has 1 atom stereocenters. The van der Waals surface area contributed by atoms with E-state index in [9.17, 15) is 9.90 Å². The van der Waals surface area contributed by atoms with Gasteiger partial charge in [0.2, 0.25) is 0 Å². The highest BCUT2D eigenvalue weighted by molar-refractivity contribution is 7.19. The van der Waals surface area contributed by atoms with Crippen molar-refractivity contribution in [2.24, 2.45) is 11.8 Å². The third-order valence-corrected chi connectivity index (χ3v) is 4.05. The lowest BCUT2D eigenvalue weighted by atomic mass is 9.97. The summed E-state index contributed by atoms with van der Waals surface area (Å²) in [5, 5.41) is 20.8. The second-order valence-electron chi connectivity index (χ2n) is 4.95. The van der Waals surface area contributed by atoms with E-state index in [0.717, 1.165) is 4.88 Å². The van der Waals surface area contributed by atoms with Crippen LogP contribution in [0.25, 0.3) is 10.7 Å². The van der Waals surface area contributed by atoms with E-state index in [1.165, 1.54) is 16.0 Å². The SMILES string of the molecule is CC(C)CC(Cn1nnnc1-c1ccc(Cl)s1)C(=O)O. The van der Waals surface area contributed by atoms with Crippen molar-refractivity contribution in [1.82, 2.24) is 20.2 Å². The minimum absolute atomic E-state index is 0.255. The maximum atomic E-state index is 11.3. The Bertz CT molecular complexity index is 596. The van der Waals surface area contributed by atoms with Crippen molar-refractivity contribution in [2.75, 3.05) is 0 Å². The zero-order chi connectivity index (χ0) is 14.7. The fourth-order valence-corrected chi connectivity index (χ4v) is 3.00. The first-order valence-corrected chi connectivity index (χ1v) is 7.41. The molecule has 2 heterocycles. The standard InChI is InChI=1S/C12H15ClN4O2S/c1-7(2)5-8(12(18)19)6-17-11(14-15-16-17)9-3-4-10(13)20-9/h3-4,7-8H,5-6H2,1-2H3,(H,18,19). The number of hydrogen-bond acceptors (Lipinski definition) is 5. The molecule has 0 aliphatic heterocycles. The molecule has 0 amide bonds. The summed E-state index contributed by atoms with van der Waals surface area (Å²) in [7, 11) is 0. The molecule has 0 saturated carbocycles. The average molecular weight is 315 g/mol. The molecular weight excluding hydrogens is 300 g/mol. The molecule has 0 aliphatic rings. The van der Waals surface area contributed by atoms with E-state index in [2.05, 4.69) is 15.5 Å². The highest BCUT2D eigenvalue weighted by Crippen LogP contribution is 2.29. The van der Waals surface area contributed by atoms with Gasteiger partial charge in [-0.15, -0.1) is 16.4 Å². The lowest BCUT2D eigenvalue weighted by Gasteiger charge is -2.14. The van der Waals surface area contributed by atoms with Gasteiger partial charge in [-0.1, -0.05) is 25.4 Å². The Labute approximate surface area is 125 Å². The summed E-state index contributed by atoms with van der Waals surface area (Å²) in [4.78, 5) is 12.1. The van der Waals surface area contributed by atoms with Crippen molar-refractivity contribution in [3.05, 3.63) is 16.5 Å². The summed E-state index contributed by atoms with van der Waals surface area (Å²) in [5.74, 6) is -0.485. The van der Waals surface area contributed by atoms with Crippen molar-refractivity contribution < 1.29 is 9.90 Å². The van der Waals surface area contributed by atoms with Crippen LogP contribution in [0.15, 0.2) is 12.1 Å². The van der Waals surface area contributed by atoms with E-state index in [0.29, 0.717) is 22.5 Å². The van der Waals surface area contributed by atoms with Crippen LogP contribution in [0, 0.1) is 11.8 Å². The molecule has 108 valence electrons. The van der Waals surface area contributed by atoms with Crippen molar-refractivity contribution >= 4 is 28.9 Å². The smallest absolute Gasteiger partial charge is 0.308 e. The Hall–Kier alpha value is -1.47. The topological polar surface area (TPSA) is 80.9 Å². The first-order chi connectivity index (χ1) is 9.47. The van der Waals surface area contributed by atoms with Gasteiger partial charge in [0.15, 0.2) is 5.82 Å². The molecule has 1 N–H and O–H groups in total. The Balaban J connectivity index is 2.21. The number of carboxylic acids is 1. The van der Waals surface area contributed by atoms with Crippen molar-refractivity contribution in [3.8, 4) is 10.7 Å². The number of carboxylic acid groups (broad SMARTS) is 1. The Morgan fingerprint density at radius 2 is 2.25 bits per heavy atom. The summed E-state index contributed by atoms with van der Waals surface area (Å²) in [6.45, 7) is 4.25. The van der Waals surface area contributed by atoms with Crippen LogP contribution in [0.5, 0.6) is 0 Å². The minimum Gasteiger partial charge on any atom is -0.481 e. The lowest BCUT2D eigenvalue weighted by Crippen LogP contribution is -2.23. The summed E-state index contributed by atoms with van der Waals surface area (Å²) in [6.07, 6.45) is 0.583. The van der Waals surface area contributed by atoms with Crippen molar-refractivity contribution in [3.63, 3.8) is 0 Å². The predicted octanol–water partition coefficient (Wildman–Crippen LogP) is 2.80. The molecule has 0 aliphatic carbocycles. The second-order valence-corrected chi connectivity index (χ2v) is 6.67. The summed E-state index contributed by atoms with van der Waals surface area (Å²) < 4.78 is 2.18. The van der Waals surface area contributed by atoms with E-state index < -0.39 is 11.9 Å². The van der Waals surface area contributed by atoms with Crippen LogP contribution in [0.4, 0.5) is 0 Å². The van der Waals surface area contributed by atoms with Crippen LogP contribution in [0.3, 0.4) is 0 Å². The molecular formula is C12H15ClN4O2S. The molecule has 6 nitrogen and oxygen atoms in total. The van der Waals surface area contributed by atoms with Gasteiger partial charge in [-0.05, 0) is 34.9 Å². The van der Waals surface area contributed by atoms with Gasteiger partial charge in [-0.3, -0.25) is 4.79 Å². The molecule has 2 rings (SSSR count). The predicted molar refractivity (Wildman–Crippen MR) is 76.7 cm³/mol. The van der Waals surface area contributed by atoms with Gasteiger partial charge in [-0.25, -0.2) is 4.68 Å². The average Bonchev–Trinajstić information content (AvgIpc) is 2.96. The molecule has 8 heteroatoms. The van der Waals surface area contributed by atoms with Gasteiger partial charge >= 0.3 is 5.97 Å². The number of aliphatic carboxylic acids is 1. The van der Waals surface area contributed by atoms with Gasteiger partial charge in [0.05, 0.1) is 21.7 Å². The van der Waals surface area contributed by atoms with Crippen molar-refractivity contribution in [1.29, 1.82) is 0 Å². The maximum absolute atomic E-state index is 11.3. The number of nitrogens with zero attached hydrogens (tertiary/aromatic N) is 4. The van der Waals surface area contributed by atoms with Gasteiger partial charge in [0, 0.05) is 0 Å². The molecule has 0 saturated heterocycles. The number of tetrazole rings is 1. The van der Waals surface area contributed by atoms with E-state index in [4.69, 9.17) is 11.6 Å². The fraction of sp³-hybridized carbons (Fsp3) is 0.500. The first-order valence-electron chi connectivity index (χ1n) is 6.22. The van der Waals surface area contributed by atoms with Gasteiger partial charge in [-0.2, -0.15) is 0 Å². The highest BCUT2D eigenvalue weighted by atomic mass is 35.5. The van der Waals surface area contributed by atoms with E-state index >= 15 is 0 Å². The molecule has 0 radical (unpaired) electrons. The number of carbonyl (C=O) groups is 1. The van der Waals surface area contributed by atoms with Gasteiger partial charge in [0.1, 0.15) is 0 Å². The summed E-state index contributed by atoms with van der Waals surface area (Å²) >= 11 is 7.26. The molecule has 1 unspecified atom stereocenters. The van der Waals surface area contributed by atoms with Crippen LogP contribution < -0.4 is 0 Å². The van der Waals surface area contributed by atoms with E-state index in [1.54, 1.807) is 6.07 Å². The Morgan fingerprint density at radius 1 is 1.50 bits per heavy atom. The van der Waals surface area contributed by atoms with E-state index in [1.807, 2.05) is 19.9 Å². The fourth-order valence-electron chi connectivity index (χ4n) is 1.97. The maximum Gasteiger partial charge on any atom is 0.308 e. The third-order valence-electron chi connectivity index (χ3n) is 2.82. The number of hydrogen-bond donors (Lipinski definition) is 1. The highest BCUT2D eigenvalue weighted by Gasteiger charge is 2.22. The number of aromatic nitrogens is 4. The Kier molecular flexibility index (Phi) is 4.72. The molecule has 0 bridgehead atoms. The normalized spacial score (nSPS) is 12.8. The zero-order valence-corrected chi connectivity index (χ0v) is 12.7. The monoisotopic (exact) mass is 314 g/mol. The second kappa shape index (κ2) is 6.32. The largest absolute Gasteiger partial charge is 0.481 e. The Morgan fingerprint density at radius 3 is 2.80 bits per heavy atom. The minimum atomic E-state index is -0.829. The molecule has 20 heavy (non-hydrogen) atoms. The number of halogens is 1. The first kappa shape index (κ1) is 14.9. The quantitative estimate of drug-likeness (QED) is 0.886. The molecule has 0 aromatic carbocycles. The van der Waals surface area contributed by atoms with Gasteiger partial charge in [0.25, 0.3) is 0 Å². The van der Waals surface area contributed by atoms with Gasteiger partial charge < -0.3 is 5.11 Å². The zero-order valence-electron chi connectivity index (χ0n) is 11.2. The lowest BCUT2D eigenvalue weighted by molar-refractivity contribution is -0.142. The summed E-state index contributed by atoms with van der Waals surface area (Å²) in [6, 6.07) is 3.59. The summed E-state index contributed by atoms with van der Waals surface area (Å²) in [5.41, 5.74) is 0. The van der Waals surface area contributed by atoms with Crippen molar-refractivity contribution in [2.45, 2.75) is 26.8 Å².